The molecule has 2 aliphatic rings. The molecule has 1 N–H and O–H groups in total. The molecule has 0 aromatic carbocycles. The number of aromatic amines is 1. The smallest absolute Gasteiger partial charge is 0.237 e. The Morgan fingerprint density at radius 1 is 1.17 bits per heavy atom. The average Bonchev–Trinajstić information content (AvgIpc) is 3.61. The lowest BCUT2D eigenvalue weighted by atomic mass is 9.95. The number of carbonyl (C=O) groups excluding carboxylic acids is 1. The topological polar surface area (TPSA) is 85.7 Å². The fourth-order valence-corrected chi connectivity index (χ4v) is 6.08. The van der Waals surface area contributed by atoms with E-state index in [2.05, 4.69) is 70.9 Å². The zero-order chi connectivity index (χ0) is 25.3. The van der Waals surface area contributed by atoms with Crippen molar-refractivity contribution in [1.82, 2.24) is 34.4 Å². The normalized spacial score (nSPS) is 19.7. The van der Waals surface area contributed by atoms with E-state index in [1.807, 2.05) is 23.5 Å². The van der Waals surface area contributed by atoms with Crippen LogP contribution in [0, 0.1) is 13.8 Å². The Kier molecular flexibility index (Phi) is 5.29. The maximum absolute atomic E-state index is 12.7. The second-order valence-corrected chi connectivity index (χ2v) is 10.9. The molecule has 2 atom stereocenters. The van der Waals surface area contributed by atoms with Gasteiger partial charge in [-0.25, -0.2) is 14.5 Å². The van der Waals surface area contributed by atoms with Crippen LogP contribution in [0.3, 0.4) is 0 Å². The summed E-state index contributed by atoms with van der Waals surface area (Å²) in [6.45, 7) is 10.8. The van der Waals surface area contributed by atoms with Crippen molar-refractivity contribution in [1.29, 1.82) is 0 Å². The number of hydrogen-bond donors (Lipinski definition) is 1. The Morgan fingerprint density at radius 2 is 1.97 bits per heavy atom. The molecule has 0 aliphatic carbocycles. The first-order valence-corrected chi connectivity index (χ1v) is 12.8. The Morgan fingerprint density at radius 3 is 2.67 bits per heavy atom. The zero-order valence-corrected chi connectivity index (χ0v) is 21.9. The molecule has 2 bridgehead atoms. The van der Waals surface area contributed by atoms with E-state index in [4.69, 9.17) is 4.98 Å². The monoisotopic (exact) mass is 486 g/mol. The van der Waals surface area contributed by atoms with Gasteiger partial charge in [-0.15, -0.1) is 0 Å². The van der Waals surface area contributed by atoms with Crippen molar-refractivity contribution in [3.05, 3.63) is 41.3 Å². The Balaban J connectivity index is 1.37. The van der Waals surface area contributed by atoms with E-state index in [1.165, 1.54) is 11.1 Å². The van der Waals surface area contributed by atoms with Crippen LogP contribution < -0.4 is 4.90 Å². The van der Waals surface area contributed by atoms with Crippen LogP contribution in [0.5, 0.6) is 0 Å². The molecule has 0 spiro atoms. The van der Waals surface area contributed by atoms with Crippen molar-refractivity contribution >= 4 is 28.4 Å². The first-order valence-electron chi connectivity index (χ1n) is 12.8. The van der Waals surface area contributed by atoms with Crippen LogP contribution >= 0.6 is 0 Å². The molecule has 6 heterocycles. The lowest BCUT2D eigenvalue weighted by Crippen LogP contribution is -2.51. The number of fused-ring (bicyclic) bond motifs is 4. The fraction of sp³-hybridized carbons (Fsp3) is 0.481. The number of pyridine rings is 2. The van der Waals surface area contributed by atoms with Crippen molar-refractivity contribution in [3.63, 3.8) is 0 Å². The molecular formula is C27H34N8O. The number of aromatic nitrogens is 5. The molecule has 36 heavy (non-hydrogen) atoms. The summed E-state index contributed by atoms with van der Waals surface area (Å²) >= 11 is 0. The predicted octanol–water partition coefficient (Wildman–Crippen LogP) is 3.36. The number of piperazine rings is 1. The molecule has 0 radical (unpaired) electrons. The first kappa shape index (κ1) is 23.0. The number of likely N-dealkylation sites (tertiary alicyclic amines) is 1. The lowest BCUT2D eigenvalue weighted by molar-refractivity contribution is -0.132. The number of rotatable bonds is 5. The highest BCUT2D eigenvalue weighted by atomic mass is 16.2. The van der Waals surface area contributed by atoms with Gasteiger partial charge < -0.3 is 19.7 Å². The van der Waals surface area contributed by atoms with Crippen LogP contribution in [-0.4, -0.2) is 86.1 Å². The van der Waals surface area contributed by atoms with E-state index in [1.54, 1.807) is 6.33 Å². The minimum atomic E-state index is 0.225. The molecule has 4 aromatic heterocycles. The number of hydrogen-bond acceptors (Lipinski definition) is 6. The molecule has 9 nitrogen and oxygen atoms in total. The zero-order valence-electron chi connectivity index (χ0n) is 21.9. The van der Waals surface area contributed by atoms with Gasteiger partial charge in [-0.1, -0.05) is 13.8 Å². The van der Waals surface area contributed by atoms with Crippen LogP contribution in [0.2, 0.25) is 0 Å². The van der Waals surface area contributed by atoms with Gasteiger partial charge in [-0.05, 0) is 63.5 Å². The van der Waals surface area contributed by atoms with Gasteiger partial charge in [0.1, 0.15) is 12.1 Å². The van der Waals surface area contributed by atoms with E-state index < -0.39 is 0 Å². The minimum Gasteiger partial charge on any atom is -0.353 e. The van der Waals surface area contributed by atoms with Gasteiger partial charge in [0, 0.05) is 30.4 Å². The van der Waals surface area contributed by atoms with Gasteiger partial charge in [0.25, 0.3) is 0 Å². The van der Waals surface area contributed by atoms with E-state index in [0.717, 1.165) is 58.8 Å². The van der Waals surface area contributed by atoms with E-state index >= 15 is 0 Å². The van der Waals surface area contributed by atoms with Gasteiger partial charge >= 0.3 is 0 Å². The molecule has 2 fully saturated rings. The molecule has 0 saturated carbocycles. The van der Waals surface area contributed by atoms with Crippen molar-refractivity contribution in [2.24, 2.45) is 0 Å². The third-order valence-corrected chi connectivity index (χ3v) is 7.94. The quantitative estimate of drug-likeness (QED) is 0.466. The largest absolute Gasteiger partial charge is 0.353 e. The number of nitrogens with zero attached hydrogens (tertiary/aromatic N) is 7. The highest BCUT2D eigenvalue weighted by molar-refractivity contribution is 5.90. The SMILES string of the molecule is Cc1c(-c2[nH]c3ccc(N4C[C@H]5C[C@@H]4CN5C(=O)CN(C)C)nc3c2C(C)C)cn2ncnc2c1C. The molecule has 1 amide bonds. The Labute approximate surface area is 211 Å². The number of likely N-dealkylation sites (N-methyl/N-ethyl adjacent to an activating group) is 1. The van der Waals surface area contributed by atoms with Crippen LogP contribution in [-0.2, 0) is 4.79 Å². The summed E-state index contributed by atoms with van der Waals surface area (Å²) in [5.41, 5.74) is 8.74. The molecule has 188 valence electrons. The predicted molar refractivity (Wildman–Crippen MR) is 141 cm³/mol. The summed E-state index contributed by atoms with van der Waals surface area (Å²) in [5.74, 6) is 1.52. The molecule has 9 heteroatoms. The van der Waals surface area contributed by atoms with Crippen molar-refractivity contribution in [3.8, 4) is 11.3 Å². The summed E-state index contributed by atoms with van der Waals surface area (Å²) in [7, 11) is 3.89. The van der Waals surface area contributed by atoms with Crippen LogP contribution in [0.4, 0.5) is 5.82 Å². The van der Waals surface area contributed by atoms with Crippen LogP contribution in [0.25, 0.3) is 27.9 Å². The van der Waals surface area contributed by atoms with E-state index in [0.29, 0.717) is 12.6 Å². The summed E-state index contributed by atoms with van der Waals surface area (Å²) in [6, 6.07) is 4.88. The first-order chi connectivity index (χ1) is 17.2. The minimum absolute atomic E-state index is 0.225. The molecule has 2 saturated heterocycles. The van der Waals surface area contributed by atoms with Gasteiger partial charge in [0.05, 0.1) is 35.4 Å². The maximum Gasteiger partial charge on any atom is 0.237 e. The molecular weight excluding hydrogens is 452 g/mol. The summed E-state index contributed by atoms with van der Waals surface area (Å²) in [6.07, 6.45) is 4.69. The van der Waals surface area contributed by atoms with Crippen LogP contribution in [0.1, 0.15) is 42.9 Å². The number of amides is 1. The Hall–Kier alpha value is -3.46. The van der Waals surface area contributed by atoms with Gasteiger partial charge in [0.15, 0.2) is 5.65 Å². The van der Waals surface area contributed by atoms with E-state index in [-0.39, 0.29) is 17.9 Å². The highest BCUT2D eigenvalue weighted by Gasteiger charge is 2.45. The van der Waals surface area contributed by atoms with Crippen molar-refractivity contribution in [2.75, 3.05) is 38.6 Å². The van der Waals surface area contributed by atoms with Crippen LogP contribution in [0.15, 0.2) is 24.7 Å². The second kappa shape index (κ2) is 8.30. The fourth-order valence-electron chi connectivity index (χ4n) is 6.08. The highest BCUT2D eigenvalue weighted by Crippen LogP contribution is 2.39. The average molecular weight is 487 g/mol. The number of carbonyl (C=O) groups is 1. The number of nitrogens with one attached hydrogen (secondary N) is 1. The molecule has 6 rings (SSSR count). The summed E-state index contributed by atoms with van der Waals surface area (Å²) < 4.78 is 1.86. The molecule has 0 unspecified atom stereocenters. The lowest BCUT2D eigenvalue weighted by Gasteiger charge is -2.35. The summed E-state index contributed by atoms with van der Waals surface area (Å²) in [5, 5.41) is 4.40. The third kappa shape index (κ3) is 3.48. The third-order valence-electron chi connectivity index (χ3n) is 7.94. The summed E-state index contributed by atoms with van der Waals surface area (Å²) in [4.78, 5) is 32.4. The molecule has 2 aliphatic heterocycles. The van der Waals surface area contributed by atoms with Gasteiger partial charge in [-0.2, -0.15) is 5.10 Å². The van der Waals surface area contributed by atoms with E-state index in [9.17, 15) is 4.79 Å². The number of anilines is 1. The maximum atomic E-state index is 12.7. The standard InChI is InChI=1S/C27H34N8O/c1-15(2)24-25(20-12-35-27(28-14-29-35)17(4)16(20)3)30-21-7-8-22(31-26(21)24)33-10-19-9-18(33)11-34(19)23(36)13-32(5)6/h7-8,12,14-15,18-19,30H,9-11,13H2,1-6H3/t18-,19-/m1/s1. The Bertz CT molecular complexity index is 1480. The van der Waals surface area contributed by atoms with Crippen molar-refractivity contribution in [2.45, 2.75) is 52.1 Å². The molecule has 4 aromatic rings. The van der Waals surface area contributed by atoms with Crippen molar-refractivity contribution < 1.29 is 4.79 Å². The van der Waals surface area contributed by atoms with Gasteiger partial charge in [-0.3, -0.25) is 4.79 Å². The van der Waals surface area contributed by atoms with Gasteiger partial charge in [0.2, 0.25) is 5.91 Å². The number of aryl methyl sites for hydroxylation is 1. The second-order valence-electron chi connectivity index (χ2n) is 10.9. The number of H-pyrrole nitrogens is 1.